The maximum atomic E-state index is 12.3. The second-order valence-corrected chi connectivity index (χ2v) is 6.22. The van der Waals surface area contributed by atoms with Gasteiger partial charge in [-0.1, -0.05) is 42.0 Å². The van der Waals surface area contributed by atoms with Crippen LogP contribution >= 0.6 is 0 Å². The van der Waals surface area contributed by atoms with E-state index < -0.39 is 0 Å². The first-order valence-corrected chi connectivity index (χ1v) is 8.10. The van der Waals surface area contributed by atoms with E-state index >= 15 is 0 Å². The van der Waals surface area contributed by atoms with Crippen molar-refractivity contribution in [3.05, 3.63) is 54.1 Å². The molecule has 2 amide bonds. The molecule has 2 aromatic carbocycles. The standard InChI is InChI=1S/C19H23N3O/c1-14-4-6-15(7-5-14)16-8-10-18(11-9-16)21-19(23)22-12-2-3-17(20)13-22/h4-11,17H,2-3,12-13,20H2,1H3,(H,21,23)/t17-/m1/s1. The van der Waals surface area contributed by atoms with Crippen LogP contribution in [-0.2, 0) is 0 Å². The maximum absolute atomic E-state index is 12.3. The van der Waals surface area contributed by atoms with Crippen molar-refractivity contribution >= 4 is 11.7 Å². The van der Waals surface area contributed by atoms with Gasteiger partial charge < -0.3 is 16.0 Å². The number of rotatable bonds is 2. The molecule has 0 bridgehead atoms. The Morgan fingerprint density at radius 2 is 1.70 bits per heavy atom. The van der Waals surface area contributed by atoms with E-state index in [1.54, 1.807) is 4.90 Å². The summed E-state index contributed by atoms with van der Waals surface area (Å²) >= 11 is 0. The Morgan fingerprint density at radius 1 is 1.09 bits per heavy atom. The molecule has 2 aromatic rings. The molecule has 0 unspecified atom stereocenters. The Labute approximate surface area is 137 Å². The molecule has 1 atom stereocenters. The number of nitrogens with zero attached hydrogens (tertiary/aromatic N) is 1. The normalized spacial score (nSPS) is 17.8. The number of benzene rings is 2. The Bertz CT molecular complexity index is 664. The molecule has 120 valence electrons. The van der Waals surface area contributed by atoms with Crippen LogP contribution in [-0.4, -0.2) is 30.1 Å². The molecule has 0 saturated carbocycles. The first-order chi connectivity index (χ1) is 11.1. The highest BCUT2D eigenvalue weighted by Gasteiger charge is 2.21. The largest absolute Gasteiger partial charge is 0.326 e. The molecular weight excluding hydrogens is 286 g/mol. The summed E-state index contributed by atoms with van der Waals surface area (Å²) in [5.41, 5.74) is 10.3. The molecule has 4 nitrogen and oxygen atoms in total. The monoisotopic (exact) mass is 309 g/mol. The fourth-order valence-corrected chi connectivity index (χ4v) is 2.89. The van der Waals surface area contributed by atoms with Gasteiger partial charge >= 0.3 is 6.03 Å². The van der Waals surface area contributed by atoms with E-state index in [2.05, 4.69) is 36.5 Å². The molecule has 1 heterocycles. The third kappa shape index (κ3) is 3.90. The first kappa shape index (κ1) is 15.6. The number of nitrogens with two attached hydrogens (primary N) is 1. The van der Waals surface area contributed by atoms with Crippen LogP contribution in [0.3, 0.4) is 0 Å². The van der Waals surface area contributed by atoms with Crippen LogP contribution < -0.4 is 11.1 Å². The van der Waals surface area contributed by atoms with Crippen LogP contribution in [0.2, 0.25) is 0 Å². The molecule has 1 saturated heterocycles. The van der Waals surface area contributed by atoms with Gasteiger partial charge in [-0.05, 0) is 43.0 Å². The highest BCUT2D eigenvalue weighted by molar-refractivity contribution is 5.89. The Hall–Kier alpha value is -2.33. The number of nitrogens with one attached hydrogen (secondary N) is 1. The van der Waals surface area contributed by atoms with Crippen molar-refractivity contribution in [1.82, 2.24) is 4.90 Å². The average Bonchev–Trinajstić information content (AvgIpc) is 2.56. The summed E-state index contributed by atoms with van der Waals surface area (Å²) in [5.74, 6) is 0. The number of carbonyl (C=O) groups excluding carboxylic acids is 1. The van der Waals surface area contributed by atoms with Gasteiger partial charge in [-0.15, -0.1) is 0 Å². The molecule has 0 spiro atoms. The zero-order valence-corrected chi connectivity index (χ0v) is 13.5. The molecule has 3 N–H and O–H groups in total. The number of aryl methyl sites for hydroxylation is 1. The number of hydrogen-bond acceptors (Lipinski definition) is 2. The molecular formula is C19H23N3O. The van der Waals surface area contributed by atoms with Crippen LogP contribution in [0.4, 0.5) is 10.5 Å². The number of likely N-dealkylation sites (tertiary alicyclic amines) is 1. The molecule has 1 aliphatic rings. The molecule has 0 radical (unpaired) electrons. The lowest BCUT2D eigenvalue weighted by molar-refractivity contribution is 0.193. The summed E-state index contributed by atoms with van der Waals surface area (Å²) in [6.45, 7) is 3.49. The van der Waals surface area contributed by atoms with Crippen LogP contribution in [0.1, 0.15) is 18.4 Å². The number of amides is 2. The number of urea groups is 1. The van der Waals surface area contributed by atoms with Crippen molar-refractivity contribution in [3.63, 3.8) is 0 Å². The van der Waals surface area contributed by atoms with Crippen molar-refractivity contribution < 1.29 is 4.79 Å². The molecule has 3 rings (SSSR count). The van der Waals surface area contributed by atoms with Gasteiger partial charge in [0.25, 0.3) is 0 Å². The van der Waals surface area contributed by atoms with E-state index in [0.717, 1.165) is 30.6 Å². The van der Waals surface area contributed by atoms with Crippen molar-refractivity contribution in [2.75, 3.05) is 18.4 Å². The van der Waals surface area contributed by atoms with E-state index in [0.29, 0.717) is 6.54 Å². The SMILES string of the molecule is Cc1ccc(-c2ccc(NC(=O)N3CCC[C@@H](N)C3)cc2)cc1. The van der Waals surface area contributed by atoms with Gasteiger partial charge in [0.1, 0.15) is 0 Å². The van der Waals surface area contributed by atoms with Crippen LogP contribution in [0.15, 0.2) is 48.5 Å². The highest BCUT2D eigenvalue weighted by atomic mass is 16.2. The van der Waals surface area contributed by atoms with Gasteiger partial charge in [0.15, 0.2) is 0 Å². The smallest absolute Gasteiger partial charge is 0.321 e. The minimum absolute atomic E-state index is 0.0664. The lowest BCUT2D eigenvalue weighted by Gasteiger charge is -2.30. The summed E-state index contributed by atoms with van der Waals surface area (Å²) < 4.78 is 0. The number of piperidine rings is 1. The topological polar surface area (TPSA) is 58.4 Å². The minimum atomic E-state index is -0.0664. The summed E-state index contributed by atoms with van der Waals surface area (Å²) in [7, 11) is 0. The number of carbonyl (C=O) groups is 1. The fourth-order valence-electron chi connectivity index (χ4n) is 2.89. The predicted octanol–water partition coefficient (Wildman–Crippen LogP) is 3.62. The second-order valence-electron chi connectivity index (χ2n) is 6.22. The highest BCUT2D eigenvalue weighted by Crippen LogP contribution is 2.22. The third-order valence-electron chi connectivity index (χ3n) is 4.27. The average molecular weight is 309 g/mol. The van der Waals surface area contributed by atoms with E-state index in [4.69, 9.17) is 5.73 Å². The van der Waals surface area contributed by atoms with Crippen LogP contribution in [0.25, 0.3) is 11.1 Å². The van der Waals surface area contributed by atoms with Gasteiger partial charge in [-0.2, -0.15) is 0 Å². The number of hydrogen-bond donors (Lipinski definition) is 2. The van der Waals surface area contributed by atoms with Crippen LogP contribution in [0, 0.1) is 6.92 Å². The molecule has 4 heteroatoms. The van der Waals surface area contributed by atoms with Crippen LogP contribution in [0.5, 0.6) is 0 Å². The fraction of sp³-hybridized carbons (Fsp3) is 0.316. The summed E-state index contributed by atoms with van der Waals surface area (Å²) in [6, 6.07) is 16.4. The molecule has 0 aromatic heterocycles. The zero-order chi connectivity index (χ0) is 16.2. The van der Waals surface area contributed by atoms with E-state index in [-0.39, 0.29) is 12.1 Å². The van der Waals surface area contributed by atoms with Crippen molar-refractivity contribution in [2.45, 2.75) is 25.8 Å². The van der Waals surface area contributed by atoms with E-state index in [9.17, 15) is 4.79 Å². The molecule has 1 fully saturated rings. The Balaban J connectivity index is 1.65. The van der Waals surface area contributed by atoms with Gasteiger partial charge in [-0.3, -0.25) is 0 Å². The summed E-state index contributed by atoms with van der Waals surface area (Å²) in [5, 5.41) is 2.95. The number of anilines is 1. The Kier molecular flexibility index (Phi) is 4.63. The Morgan fingerprint density at radius 3 is 2.30 bits per heavy atom. The minimum Gasteiger partial charge on any atom is -0.326 e. The zero-order valence-electron chi connectivity index (χ0n) is 13.5. The van der Waals surface area contributed by atoms with Crippen molar-refractivity contribution in [3.8, 4) is 11.1 Å². The summed E-state index contributed by atoms with van der Waals surface area (Å²) in [6.07, 6.45) is 1.97. The second kappa shape index (κ2) is 6.84. The van der Waals surface area contributed by atoms with Gasteiger partial charge in [-0.25, -0.2) is 4.79 Å². The molecule has 23 heavy (non-hydrogen) atoms. The maximum Gasteiger partial charge on any atom is 0.321 e. The van der Waals surface area contributed by atoms with Crippen molar-refractivity contribution in [2.24, 2.45) is 5.73 Å². The predicted molar refractivity (Wildman–Crippen MR) is 94.4 cm³/mol. The molecule has 1 aliphatic heterocycles. The van der Waals surface area contributed by atoms with Gasteiger partial charge in [0.2, 0.25) is 0 Å². The van der Waals surface area contributed by atoms with Crippen molar-refractivity contribution in [1.29, 1.82) is 0 Å². The van der Waals surface area contributed by atoms with E-state index in [1.165, 1.54) is 11.1 Å². The third-order valence-corrected chi connectivity index (χ3v) is 4.27. The van der Waals surface area contributed by atoms with Gasteiger partial charge in [0.05, 0.1) is 0 Å². The lowest BCUT2D eigenvalue weighted by atomic mass is 10.0. The first-order valence-electron chi connectivity index (χ1n) is 8.10. The van der Waals surface area contributed by atoms with Gasteiger partial charge in [0, 0.05) is 24.8 Å². The van der Waals surface area contributed by atoms with E-state index in [1.807, 2.05) is 24.3 Å². The summed E-state index contributed by atoms with van der Waals surface area (Å²) in [4.78, 5) is 14.1. The quantitative estimate of drug-likeness (QED) is 0.890. The lowest BCUT2D eigenvalue weighted by Crippen LogP contribution is -2.47. The molecule has 0 aliphatic carbocycles.